The molecule has 2 rings (SSSR count). The van der Waals surface area contributed by atoms with Crippen molar-refractivity contribution in [2.75, 3.05) is 25.0 Å². The molecule has 3 N–H and O–H groups in total. The predicted octanol–water partition coefficient (Wildman–Crippen LogP) is 1.41. The van der Waals surface area contributed by atoms with Gasteiger partial charge in [0.2, 0.25) is 0 Å². The molecular weight excluding hydrogens is 242 g/mol. The molecule has 0 bridgehead atoms. The van der Waals surface area contributed by atoms with Crippen molar-refractivity contribution in [1.82, 2.24) is 10.3 Å². The quantitative estimate of drug-likeness (QED) is 0.695. The maximum absolute atomic E-state index is 11.7. The van der Waals surface area contributed by atoms with E-state index in [1.165, 1.54) is 0 Å². The first kappa shape index (κ1) is 13.8. The number of aromatic nitrogens is 1. The Kier molecular flexibility index (Phi) is 4.37. The Morgan fingerprint density at radius 2 is 2.32 bits per heavy atom. The SMILES string of the molecule is CCNC(=O)c1cc(NCC2(CCO)CC2)ccn1. The number of nitrogens with zero attached hydrogens (tertiary/aromatic N) is 1. The van der Waals surface area contributed by atoms with Crippen LogP contribution in [0, 0.1) is 5.41 Å². The Morgan fingerprint density at radius 3 is 2.95 bits per heavy atom. The molecule has 0 radical (unpaired) electrons. The number of pyridine rings is 1. The lowest BCUT2D eigenvalue weighted by atomic mass is 10.0. The fourth-order valence-electron chi connectivity index (χ4n) is 2.13. The lowest BCUT2D eigenvalue weighted by Gasteiger charge is -2.15. The van der Waals surface area contributed by atoms with Crippen LogP contribution in [-0.4, -0.2) is 35.7 Å². The van der Waals surface area contributed by atoms with E-state index in [0.717, 1.165) is 31.5 Å². The van der Waals surface area contributed by atoms with Crippen LogP contribution in [0.5, 0.6) is 0 Å². The highest BCUT2D eigenvalue weighted by molar-refractivity contribution is 5.93. The summed E-state index contributed by atoms with van der Waals surface area (Å²) < 4.78 is 0. The molecule has 0 atom stereocenters. The number of amides is 1. The summed E-state index contributed by atoms with van der Waals surface area (Å²) >= 11 is 0. The largest absolute Gasteiger partial charge is 0.396 e. The minimum Gasteiger partial charge on any atom is -0.396 e. The number of nitrogens with one attached hydrogen (secondary N) is 2. The number of anilines is 1. The predicted molar refractivity (Wildman–Crippen MR) is 74.1 cm³/mol. The molecule has 0 spiro atoms. The van der Waals surface area contributed by atoms with Gasteiger partial charge in [0.05, 0.1) is 0 Å². The lowest BCUT2D eigenvalue weighted by Crippen LogP contribution is -2.24. The third kappa shape index (κ3) is 3.67. The van der Waals surface area contributed by atoms with Crippen molar-refractivity contribution in [2.24, 2.45) is 5.41 Å². The zero-order valence-electron chi connectivity index (χ0n) is 11.3. The van der Waals surface area contributed by atoms with Crippen molar-refractivity contribution in [3.05, 3.63) is 24.0 Å². The van der Waals surface area contributed by atoms with Crippen LogP contribution >= 0.6 is 0 Å². The van der Waals surface area contributed by atoms with E-state index in [4.69, 9.17) is 5.11 Å². The van der Waals surface area contributed by atoms with Crippen LogP contribution in [0.3, 0.4) is 0 Å². The number of hydrogen-bond donors (Lipinski definition) is 3. The van der Waals surface area contributed by atoms with Gasteiger partial charge in [-0.15, -0.1) is 0 Å². The zero-order chi connectivity index (χ0) is 13.7. The molecule has 0 aromatic carbocycles. The van der Waals surface area contributed by atoms with Gasteiger partial charge in [0.15, 0.2) is 0 Å². The van der Waals surface area contributed by atoms with Crippen molar-refractivity contribution in [1.29, 1.82) is 0 Å². The van der Waals surface area contributed by atoms with E-state index in [0.29, 0.717) is 12.2 Å². The van der Waals surface area contributed by atoms with E-state index < -0.39 is 0 Å². The van der Waals surface area contributed by atoms with Crippen LogP contribution in [0.4, 0.5) is 5.69 Å². The molecule has 1 saturated carbocycles. The number of hydrogen-bond acceptors (Lipinski definition) is 4. The minimum absolute atomic E-state index is 0.150. The molecule has 1 aliphatic carbocycles. The summed E-state index contributed by atoms with van der Waals surface area (Å²) in [5, 5.41) is 15.1. The Labute approximate surface area is 113 Å². The fraction of sp³-hybridized carbons (Fsp3) is 0.571. The number of aliphatic hydroxyl groups excluding tert-OH is 1. The summed E-state index contributed by atoms with van der Waals surface area (Å²) in [5.41, 5.74) is 1.59. The molecule has 104 valence electrons. The summed E-state index contributed by atoms with van der Waals surface area (Å²) in [6, 6.07) is 3.62. The van der Waals surface area contributed by atoms with Gasteiger partial charge in [0.25, 0.3) is 5.91 Å². The Morgan fingerprint density at radius 1 is 1.53 bits per heavy atom. The average molecular weight is 263 g/mol. The first-order valence-corrected chi connectivity index (χ1v) is 6.78. The van der Waals surface area contributed by atoms with Crippen molar-refractivity contribution < 1.29 is 9.90 Å². The summed E-state index contributed by atoms with van der Waals surface area (Å²) in [4.78, 5) is 15.7. The Bertz CT molecular complexity index is 444. The third-order valence-corrected chi connectivity index (χ3v) is 3.60. The molecule has 0 unspecified atom stereocenters. The molecule has 0 saturated heterocycles. The zero-order valence-corrected chi connectivity index (χ0v) is 11.3. The van der Waals surface area contributed by atoms with Crippen LogP contribution in [0.15, 0.2) is 18.3 Å². The third-order valence-electron chi connectivity index (χ3n) is 3.60. The summed E-state index contributed by atoms with van der Waals surface area (Å²) in [6.45, 7) is 3.55. The summed E-state index contributed by atoms with van der Waals surface area (Å²) in [5.74, 6) is -0.150. The van der Waals surface area contributed by atoms with E-state index in [1.807, 2.05) is 13.0 Å². The van der Waals surface area contributed by atoms with Crippen LogP contribution in [-0.2, 0) is 0 Å². The number of rotatable bonds is 7. The number of carbonyl (C=O) groups excluding carboxylic acids is 1. The van der Waals surface area contributed by atoms with Gasteiger partial charge < -0.3 is 15.7 Å². The van der Waals surface area contributed by atoms with E-state index in [2.05, 4.69) is 15.6 Å². The van der Waals surface area contributed by atoms with Gasteiger partial charge in [-0.3, -0.25) is 9.78 Å². The monoisotopic (exact) mass is 263 g/mol. The molecule has 1 fully saturated rings. The van der Waals surface area contributed by atoms with Crippen molar-refractivity contribution >= 4 is 11.6 Å². The summed E-state index contributed by atoms with van der Waals surface area (Å²) in [6.07, 6.45) is 4.80. The second-order valence-electron chi connectivity index (χ2n) is 5.12. The van der Waals surface area contributed by atoms with E-state index in [9.17, 15) is 4.79 Å². The van der Waals surface area contributed by atoms with Crippen molar-refractivity contribution in [3.63, 3.8) is 0 Å². The van der Waals surface area contributed by atoms with Crippen molar-refractivity contribution in [2.45, 2.75) is 26.2 Å². The minimum atomic E-state index is -0.150. The van der Waals surface area contributed by atoms with Crippen molar-refractivity contribution in [3.8, 4) is 0 Å². The maximum atomic E-state index is 11.7. The van der Waals surface area contributed by atoms with E-state index in [1.54, 1.807) is 12.3 Å². The molecule has 19 heavy (non-hydrogen) atoms. The second kappa shape index (κ2) is 6.02. The van der Waals surface area contributed by atoms with Crippen LogP contribution in [0.25, 0.3) is 0 Å². The second-order valence-corrected chi connectivity index (χ2v) is 5.12. The smallest absolute Gasteiger partial charge is 0.269 e. The molecule has 1 aromatic rings. The number of carbonyl (C=O) groups is 1. The van der Waals surface area contributed by atoms with Crippen LogP contribution < -0.4 is 10.6 Å². The molecule has 1 aromatic heterocycles. The van der Waals surface area contributed by atoms with E-state index >= 15 is 0 Å². The van der Waals surface area contributed by atoms with E-state index in [-0.39, 0.29) is 17.9 Å². The first-order valence-electron chi connectivity index (χ1n) is 6.78. The summed E-state index contributed by atoms with van der Waals surface area (Å²) in [7, 11) is 0. The van der Waals surface area contributed by atoms with Gasteiger partial charge in [-0.25, -0.2) is 0 Å². The van der Waals surface area contributed by atoms with Crippen LogP contribution in [0.1, 0.15) is 36.7 Å². The molecule has 1 amide bonds. The molecule has 1 aliphatic rings. The molecular formula is C14H21N3O2. The van der Waals surface area contributed by atoms with Gasteiger partial charge in [-0.05, 0) is 43.7 Å². The molecule has 5 heteroatoms. The standard InChI is InChI=1S/C14H21N3O2/c1-2-15-13(19)12-9-11(3-7-16-12)17-10-14(4-5-14)6-8-18/h3,7,9,18H,2,4-6,8,10H2,1H3,(H,15,19)(H,16,17). The molecule has 5 nitrogen and oxygen atoms in total. The van der Waals surface area contributed by atoms with Gasteiger partial charge >= 0.3 is 0 Å². The average Bonchev–Trinajstić information content (AvgIpc) is 3.18. The molecule has 0 aliphatic heterocycles. The maximum Gasteiger partial charge on any atom is 0.269 e. The lowest BCUT2D eigenvalue weighted by molar-refractivity contribution is 0.0951. The van der Waals surface area contributed by atoms with Gasteiger partial charge in [-0.2, -0.15) is 0 Å². The topological polar surface area (TPSA) is 74.2 Å². The van der Waals surface area contributed by atoms with Gasteiger partial charge in [0, 0.05) is 31.6 Å². The first-order chi connectivity index (χ1) is 9.19. The highest BCUT2D eigenvalue weighted by Gasteiger charge is 2.41. The fourth-order valence-corrected chi connectivity index (χ4v) is 2.13. The van der Waals surface area contributed by atoms with Crippen LogP contribution in [0.2, 0.25) is 0 Å². The van der Waals surface area contributed by atoms with Gasteiger partial charge in [0.1, 0.15) is 5.69 Å². The normalized spacial score (nSPS) is 15.9. The Balaban J connectivity index is 1.94. The Hall–Kier alpha value is -1.62. The number of aliphatic hydroxyl groups is 1. The van der Waals surface area contributed by atoms with Gasteiger partial charge in [-0.1, -0.05) is 0 Å². The highest BCUT2D eigenvalue weighted by atomic mass is 16.3. The molecule has 1 heterocycles. The highest BCUT2D eigenvalue weighted by Crippen LogP contribution is 2.48.